The van der Waals surface area contributed by atoms with E-state index < -0.39 is 91.7 Å². The van der Waals surface area contributed by atoms with Gasteiger partial charge in [0.15, 0.2) is 5.54 Å². The van der Waals surface area contributed by atoms with Crippen LogP contribution in [0.15, 0.2) is 162 Å². The van der Waals surface area contributed by atoms with E-state index in [4.69, 9.17) is 23.9 Å². The van der Waals surface area contributed by atoms with E-state index in [1.807, 2.05) is 36.4 Å². The second kappa shape index (κ2) is 24.0. The van der Waals surface area contributed by atoms with Crippen molar-refractivity contribution < 1.29 is 42.9 Å². The van der Waals surface area contributed by atoms with Gasteiger partial charge in [0, 0.05) is 53.7 Å². The van der Waals surface area contributed by atoms with Gasteiger partial charge in [0.1, 0.15) is 26.0 Å². The van der Waals surface area contributed by atoms with Gasteiger partial charge in [-0.2, -0.15) is 0 Å². The Labute approximate surface area is 425 Å². The lowest BCUT2D eigenvalue weighted by molar-refractivity contribution is -0.141. The van der Waals surface area contributed by atoms with Crippen LogP contribution in [0, 0.1) is 17.8 Å². The molecule has 1 spiro atoms. The number of hydrogen-bond donors (Lipinski definition) is 2. The van der Waals surface area contributed by atoms with Crippen molar-refractivity contribution in [1.29, 1.82) is 0 Å². The van der Waals surface area contributed by atoms with Crippen molar-refractivity contribution in [3.8, 4) is 0 Å². The Hall–Kier alpha value is -7.06. The number of esters is 2. The molecule has 2 N–H and O–H groups in total. The molecule has 1 heterocycles. The van der Waals surface area contributed by atoms with Gasteiger partial charge < -0.3 is 24.3 Å². The highest BCUT2D eigenvalue weighted by Crippen LogP contribution is 2.54. The summed E-state index contributed by atoms with van der Waals surface area (Å²) in [7, 11) is 0. The SMILES string of the molecule is [N-]=[N+]=NC[C@@H]1[C@H](CNC(=O)OCc2ccccc2)[C@@H](OC(=O)c2ccc(Br)cc2)[C@@]2(N=C(NC(=O)c3ccc(Br)cc3)N(COCc3ccccc3)C2=O)[C@H]1[C@H](COC(=O)c1ccc(Br)cc1)N=[N+]=[N-]. The van der Waals surface area contributed by atoms with Crippen LogP contribution in [0.25, 0.3) is 20.9 Å². The lowest BCUT2D eigenvalue weighted by Crippen LogP contribution is -2.57. The van der Waals surface area contributed by atoms with Crippen molar-refractivity contribution >= 4 is 83.6 Å². The Morgan fingerprint density at radius 3 is 1.84 bits per heavy atom. The number of halogens is 3. The molecule has 1 aliphatic carbocycles. The van der Waals surface area contributed by atoms with Gasteiger partial charge in [0.2, 0.25) is 5.96 Å². The van der Waals surface area contributed by atoms with Crippen molar-refractivity contribution in [2.45, 2.75) is 30.9 Å². The van der Waals surface area contributed by atoms with Crippen molar-refractivity contribution in [3.05, 3.63) is 196 Å². The summed E-state index contributed by atoms with van der Waals surface area (Å²) in [5, 5.41) is 13.4. The fraction of sp³-hybridized carbons (Fsp3) is 0.250. The third kappa shape index (κ3) is 12.2. The van der Waals surface area contributed by atoms with E-state index in [1.165, 1.54) is 36.4 Å². The monoisotopic (exact) mass is 1140 g/mol. The van der Waals surface area contributed by atoms with Gasteiger partial charge in [-0.05, 0) is 101 Å². The van der Waals surface area contributed by atoms with Gasteiger partial charge in [0.25, 0.3) is 11.8 Å². The highest BCUT2D eigenvalue weighted by atomic mass is 79.9. The number of aliphatic imine (C=N–C) groups is 1. The average molecular weight is 1140 g/mol. The summed E-state index contributed by atoms with van der Waals surface area (Å²) in [6.07, 6.45) is -2.59. The van der Waals surface area contributed by atoms with E-state index in [1.54, 1.807) is 60.7 Å². The summed E-state index contributed by atoms with van der Waals surface area (Å²) < 4.78 is 25.9. The number of nitrogens with one attached hydrogen (secondary N) is 2. The Balaban J connectivity index is 1.38. The normalized spacial score (nSPS) is 19.5. The Morgan fingerprint density at radius 1 is 0.714 bits per heavy atom. The molecule has 7 rings (SSSR count). The summed E-state index contributed by atoms with van der Waals surface area (Å²) in [4.78, 5) is 83.7. The molecule has 0 aromatic heterocycles. The molecule has 5 aromatic carbocycles. The maximum absolute atomic E-state index is 15.9. The van der Waals surface area contributed by atoms with Crippen LogP contribution in [0.1, 0.15) is 42.2 Å². The molecule has 358 valence electrons. The Morgan fingerprint density at radius 2 is 1.27 bits per heavy atom. The number of nitrogens with zero attached hydrogens (tertiary/aromatic N) is 8. The number of rotatable bonds is 18. The van der Waals surface area contributed by atoms with Gasteiger partial charge in [-0.1, -0.05) is 119 Å². The molecule has 1 aliphatic heterocycles. The number of carbonyl (C=O) groups excluding carboxylic acids is 5. The molecular formula is C48H41Br3N10O9. The second-order valence-corrected chi connectivity index (χ2v) is 18.6. The molecular weight excluding hydrogens is 1100 g/mol. The van der Waals surface area contributed by atoms with Gasteiger partial charge in [-0.3, -0.25) is 19.8 Å². The molecule has 0 bridgehead atoms. The highest BCUT2D eigenvalue weighted by Gasteiger charge is 2.71. The van der Waals surface area contributed by atoms with Crippen LogP contribution >= 0.6 is 47.8 Å². The van der Waals surface area contributed by atoms with E-state index in [0.29, 0.717) is 19.0 Å². The molecule has 5 aromatic rings. The van der Waals surface area contributed by atoms with Crippen molar-refractivity contribution in [2.24, 2.45) is 33.0 Å². The van der Waals surface area contributed by atoms with E-state index in [0.717, 1.165) is 10.5 Å². The van der Waals surface area contributed by atoms with Gasteiger partial charge in [-0.25, -0.2) is 19.4 Å². The zero-order valence-electron chi connectivity index (χ0n) is 36.7. The van der Waals surface area contributed by atoms with Gasteiger partial charge in [-0.15, -0.1) is 0 Å². The number of alkyl carbamates (subject to hydrolysis) is 1. The number of amides is 3. The molecule has 2 aliphatic rings. The summed E-state index contributed by atoms with van der Waals surface area (Å²) in [6.45, 7) is -2.15. The number of ether oxygens (including phenoxy) is 4. The first-order chi connectivity index (χ1) is 33.9. The van der Waals surface area contributed by atoms with E-state index >= 15 is 4.79 Å². The van der Waals surface area contributed by atoms with Crippen molar-refractivity contribution in [1.82, 2.24) is 15.5 Å². The average Bonchev–Trinajstić information content (AvgIpc) is 3.78. The van der Waals surface area contributed by atoms with E-state index in [9.17, 15) is 30.2 Å². The first-order valence-corrected chi connectivity index (χ1v) is 23.8. The topological polar surface area (TPSA) is 259 Å². The second-order valence-electron chi connectivity index (χ2n) is 15.8. The Kier molecular flexibility index (Phi) is 17.4. The highest BCUT2D eigenvalue weighted by molar-refractivity contribution is 9.11. The quantitative estimate of drug-likeness (QED) is 0.0278. The molecule has 1 fully saturated rings. The zero-order chi connectivity index (χ0) is 49.6. The number of benzene rings is 5. The fourth-order valence-corrected chi connectivity index (χ4v) is 9.19. The van der Waals surface area contributed by atoms with Gasteiger partial charge >= 0.3 is 18.0 Å². The largest absolute Gasteiger partial charge is 0.462 e. The van der Waals surface area contributed by atoms with Crippen LogP contribution in [0.5, 0.6) is 0 Å². The van der Waals surface area contributed by atoms with Crippen LogP contribution in [-0.2, 0) is 37.0 Å². The zero-order valence-corrected chi connectivity index (χ0v) is 41.5. The first kappa shape index (κ1) is 50.8. The van der Waals surface area contributed by atoms with Crippen LogP contribution in [0.3, 0.4) is 0 Å². The molecule has 3 amide bonds. The van der Waals surface area contributed by atoms with Gasteiger partial charge in [0.05, 0.1) is 23.8 Å². The molecule has 6 atom stereocenters. The standard InChI is InChI=1S/C48H41Br3N10O9/c49-34-17-11-31(12-18-34)42(62)56-46-57-48(45(65)61(46)28-67-25-29-7-3-1-4-8-29)40(39(58-60-53)27-68-43(63)32-13-19-35(50)20-14-32)37(24-55-59-52)38(23-54-47(66)69-26-30-9-5-2-6-10-30)41(48)70-44(64)33-15-21-36(51)22-16-33/h1-22,37-41H,23-28H2,(H,54,66)(H,56,57,62)/t37-,38+,39+,40-,41-,48+/m1/s1. The third-order valence-corrected chi connectivity index (χ3v) is 13.2. The fourth-order valence-electron chi connectivity index (χ4n) is 8.39. The maximum atomic E-state index is 15.9. The van der Waals surface area contributed by atoms with E-state index in [-0.39, 0.29) is 35.9 Å². The van der Waals surface area contributed by atoms with Crippen molar-refractivity contribution in [2.75, 3.05) is 26.4 Å². The smallest absolute Gasteiger partial charge is 0.407 e. The molecule has 1 saturated carbocycles. The maximum Gasteiger partial charge on any atom is 0.407 e. The molecule has 0 saturated heterocycles. The lowest BCUT2D eigenvalue weighted by Gasteiger charge is -2.36. The van der Waals surface area contributed by atoms with Crippen LogP contribution in [0.4, 0.5) is 4.79 Å². The molecule has 22 heteroatoms. The molecule has 19 nitrogen and oxygen atoms in total. The number of hydrogen-bond acceptors (Lipinski definition) is 12. The minimum Gasteiger partial charge on any atom is -0.462 e. The molecule has 70 heavy (non-hydrogen) atoms. The third-order valence-electron chi connectivity index (χ3n) is 11.6. The van der Waals surface area contributed by atoms with E-state index in [2.05, 4.69) is 78.5 Å². The minimum atomic E-state index is -2.39. The molecule has 0 radical (unpaired) electrons. The summed E-state index contributed by atoms with van der Waals surface area (Å²) >= 11 is 10.1. The Bertz CT molecular complexity index is 2820. The van der Waals surface area contributed by atoms with Crippen LogP contribution in [0.2, 0.25) is 0 Å². The predicted octanol–water partition coefficient (Wildman–Crippen LogP) is 9.68. The van der Waals surface area contributed by atoms with Crippen LogP contribution in [-0.4, -0.2) is 84.8 Å². The minimum absolute atomic E-state index is 0.00146. The van der Waals surface area contributed by atoms with Crippen molar-refractivity contribution in [3.63, 3.8) is 0 Å². The number of guanidine groups is 1. The summed E-state index contributed by atoms with van der Waals surface area (Å²) in [5.74, 6) is -7.50. The summed E-state index contributed by atoms with van der Waals surface area (Å²) in [6, 6.07) is 35.2. The number of carbonyl (C=O) groups is 5. The number of azide groups is 2. The first-order valence-electron chi connectivity index (χ1n) is 21.4. The molecule has 0 unspecified atom stereocenters. The lowest BCUT2D eigenvalue weighted by atomic mass is 9.77. The predicted molar refractivity (Wildman–Crippen MR) is 265 cm³/mol. The summed E-state index contributed by atoms with van der Waals surface area (Å²) in [5.41, 5.74) is 19.4. The van der Waals surface area contributed by atoms with Crippen LogP contribution < -0.4 is 10.6 Å².